The Labute approximate surface area is 146 Å². The van der Waals surface area contributed by atoms with Gasteiger partial charge in [-0.1, -0.05) is 12.1 Å². The zero-order valence-corrected chi connectivity index (χ0v) is 14.6. The van der Waals surface area contributed by atoms with Gasteiger partial charge in [0.25, 0.3) is 5.91 Å². The van der Waals surface area contributed by atoms with Gasteiger partial charge in [-0.25, -0.2) is 4.39 Å². The number of amides is 1. The fourth-order valence-corrected chi connectivity index (χ4v) is 2.28. The Bertz CT molecular complexity index is 706. The Morgan fingerprint density at radius 2 is 1.52 bits per heavy atom. The van der Waals surface area contributed by atoms with Crippen LogP contribution in [0.5, 0.6) is 17.2 Å². The Morgan fingerprint density at radius 1 is 0.960 bits per heavy atom. The zero-order valence-electron chi connectivity index (χ0n) is 14.6. The van der Waals surface area contributed by atoms with Crippen LogP contribution in [0.3, 0.4) is 0 Å². The van der Waals surface area contributed by atoms with Crippen LogP contribution in [-0.4, -0.2) is 25.7 Å². The minimum Gasteiger partial charge on any atom is -0.490 e. The van der Waals surface area contributed by atoms with Gasteiger partial charge in [-0.05, 0) is 45.0 Å². The highest BCUT2D eigenvalue weighted by Crippen LogP contribution is 2.39. The first-order valence-electron chi connectivity index (χ1n) is 8.22. The quantitative estimate of drug-likeness (QED) is 0.775. The topological polar surface area (TPSA) is 56.8 Å². The predicted octanol–water partition coefficient (Wildman–Crippen LogP) is 4.27. The molecule has 2 aromatic rings. The standard InChI is InChI=1S/C19H22FNO4/c1-4-23-16-11-13(12-17(24-5-2)18(16)25-6-3)19(22)21-15-10-8-7-9-14(15)20/h7-12H,4-6H2,1-3H3,(H,21,22). The zero-order chi connectivity index (χ0) is 18.2. The highest BCUT2D eigenvalue weighted by molar-refractivity contribution is 6.05. The van der Waals surface area contributed by atoms with Crippen LogP contribution in [0.25, 0.3) is 0 Å². The molecule has 0 aliphatic heterocycles. The lowest BCUT2D eigenvalue weighted by Gasteiger charge is -2.17. The van der Waals surface area contributed by atoms with Gasteiger partial charge in [0.15, 0.2) is 11.5 Å². The number of nitrogens with one attached hydrogen (secondary N) is 1. The lowest BCUT2D eigenvalue weighted by molar-refractivity contribution is 0.102. The number of benzene rings is 2. The summed E-state index contributed by atoms with van der Waals surface area (Å²) in [4.78, 5) is 12.5. The van der Waals surface area contributed by atoms with Crippen LogP contribution < -0.4 is 19.5 Å². The molecule has 0 spiro atoms. The van der Waals surface area contributed by atoms with E-state index < -0.39 is 11.7 Å². The molecule has 0 aliphatic carbocycles. The minimum atomic E-state index is -0.503. The van der Waals surface area contributed by atoms with E-state index in [0.717, 1.165) is 0 Å². The van der Waals surface area contributed by atoms with Crippen molar-refractivity contribution in [1.29, 1.82) is 0 Å². The molecule has 2 rings (SSSR count). The van der Waals surface area contributed by atoms with E-state index in [1.54, 1.807) is 24.3 Å². The summed E-state index contributed by atoms with van der Waals surface area (Å²) in [6, 6.07) is 9.11. The number of hydrogen-bond acceptors (Lipinski definition) is 4. The molecule has 25 heavy (non-hydrogen) atoms. The van der Waals surface area contributed by atoms with Crippen LogP contribution >= 0.6 is 0 Å². The Kier molecular flexibility index (Phi) is 6.62. The van der Waals surface area contributed by atoms with Crippen molar-refractivity contribution < 1.29 is 23.4 Å². The maximum atomic E-state index is 13.7. The van der Waals surface area contributed by atoms with Crippen molar-refractivity contribution in [2.45, 2.75) is 20.8 Å². The van der Waals surface area contributed by atoms with E-state index in [9.17, 15) is 9.18 Å². The van der Waals surface area contributed by atoms with Gasteiger partial charge in [0.05, 0.1) is 25.5 Å². The molecular weight excluding hydrogens is 325 g/mol. The Morgan fingerprint density at radius 3 is 2.04 bits per heavy atom. The molecule has 0 bridgehead atoms. The second kappa shape index (κ2) is 8.92. The lowest BCUT2D eigenvalue weighted by Crippen LogP contribution is -2.14. The summed E-state index contributed by atoms with van der Waals surface area (Å²) >= 11 is 0. The van der Waals surface area contributed by atoms with Gasteiger partial charge >= 0.3 is 0 Å². The number of ether oxygens (including phenoxy) is 3. The highest BCUT2D eigenvalue weighted by Gasteiger charge is 2.19. The van der Waals surface area contributed by atoms with E-state index in [4.69, 9.17) is 14.2 Å². The van der Waals surface area contributed by atoms with Crippen molar-refractivity contribution in [3.8, 4) is 17.2 Å². The lowest BCUT2D eigenvalue weighted by atomic mass is 10.1. The molecule has 0 unspecified atom stereocenters. The van der Waals surface area contributed by atoms with E-state index in [1.165, 1.54) is 12.1 Å². The molecule has 134 valence electrons. The number of rotatable bonds is 8. The second-order valence-electron chi connectivity index (χ2n) is 5.03. The third-order valence-electron chi connectivity index (χ3n) is 3.29. The van der Waals surface area contributed by atoms with E-state index >= 15 is 0 Å². The summed E-state index contributed by atoms with van der Waals surface area (Å²) in [6.45, 7) is 6.77. The Hall–Kier alpha value is -2.76. The molecule has 0 saturated carbocycles. The monoisotopic (exact) mass is 347 g/mol. The molecule has 0 aromatic heterocycles. The van der Waals surface area contributed by atoms with Crippen LogP contribution in [0.1, 0.15) is 31.1 Å². The average molecular weight is 347 g/mol. The molecule has 0 saturated heterocycles. The van der Waals surface area contributed by atoms with Crippen molar-refractivity contribution in [2.24, 2.45) is 0 Å². The maximum Gasteiger partial charge on any atom is 0.256 e. The van der Waals surface area contributed by atoms with Gasteiger partial charge in [-0.15, -0.1) is 0 Å². The minimum absolute atomic E-state index is 0.109. The molecule has 1 N–H and O–H groups in total. The molecule has 0 heterocycles. The summed E-state index contributed by atoms with van der Waals surface area (Å²) in [5.74, 6) is 0.309. The summed E-state index contributed by atoms with van der Waals surface area (Å²) in [5.41, 5.74) is 0.399. The first-order valence-corrected chi connectivity index (χ1v) is 8.22. The van der Waals surface area contributed by atoms with E-state index in [1.807, 2.05) is 20.8 Å². The van der Waals surface area contributed by atoms with Crippen molar-refractivity contribution in [3.63, 3.8) is 0 Å². The first-order chi connectivity index (χ1) is 12.1. The van der Waals surface area contributed by atoms with Gasteiger partial charge in [-0.3, -0.25) is 4.79 Å². The van der Waals surface area contributed by atoms with Gasteiger partial charge in [-0.2, -0.15) is 0 Å². The molecule has 0 atom stereocenters. The van der Waals surface area contributed by atoms with E-state index in [-0.39, 0.29) is 5.69 Å². The number of para-hydroxylation sites is 1. The highest BCUT2D eigenvalue weighted by atomic mass is 19.1. The van der Waals surface area contributed by atoms with Crippen LogP contribution in [0, 0.1) is 5.82 Å². The van der Waals surface area contributed by atoms with Crippen LogP contribution in [0.15, 0.2) is 36.4 Å². The van der Waals surface area contributed by atoms with Crippen molar-refractivity contribution in [1.82, 2.24) is 0 Å². The smallest absolute Gasteiger partial charge is 0.256 e. The van der Waals surface area contributed by atoms with Gasteiger partial charge in [0, 0.05) is 5.56 Å². The molecule has 0 radical (unpaired) electrons. The van der Waals surface area contributed by atoms with Gasteiger partial charge < -0.3 is 19.5 Å². The van der Waals surface area contributed by atoms with Crippen LogP contribution in [0.2, 0.25) is 0 Å². The number of carbonyl (C=O) groups excluding carboxylic acids is 1. The second-order valence-corrected chi connectivity index (χ2v) is 5.03. The molecule has 1 amide bonds. The normalized spacial score (nSPS) is 10.2. The maximum absolute atomic E-state index is 13.7. The van der Waals surface area contributed by atoms with E-state index in [0.29, 0.717) is 42.6 Å². The van der Waals surface area contributed by atoms with Gasteiger partial charge in [0.2, 0.25) is 5.75 Å². The number of hydrogen-bond donors (Lipinski definition) is 1. The van der Waals surface area contributed by atoms with Crippen molar-refractivity contribution in [3.05, 3.63) is 47.8 Å². The summed E-state index contributed by atoms with van der Waals surface area (Å²) < 4.78 is 30.5. The fraction of sp³-hybridized carbons (Fsp3) is 0.316. The summed E-state index contributed by atoms with van der Waals surface area (Å²) in [5, 5.41) is 2.55. The van der Waals surface area contributed by atoms with E-state index in [2.05, 4.69) is 5.32 Å². The van der Waals surface area contributed by atoms with Crippen LogP contribution in [0.4, 0.5) is 10.1 Å². The Balaban J connectivity index is 2.39. The SMILES string of the molecule is CCOc1cc(C(=O)Nc2ccccc2F)cc(OCC)c1OCC. The fourth-order valence-electron chi connectivity index (χ4n) is 2.28. The molecule has 0 aliphatic rings. The third-order valence-corrected chi connectivity index (χ3v) is 3.29. The van der Waals surface area contributed by atoms with Gasteiger partial charge in [0.1, 0.15) is 5.82 Å². The number of halogens is 1. The molecule has 5 nitrogen and oxygen atoms in total. The average Bonchev–Trinajstić information content (AvgIpc) is 2.60. The summed E-state index contributed by atoms with van der Waals surface area (Å²) in [6.07, 6.45) is 0. The number of carbonyl (C=O) groups is 1. The summed E-state index contributed by atoms with van der Waals surface area (Å²) in [7, 11) is 0. The molecule has 6 heteroatoms. The van der Waals surface area contributed by atoms with Crippen molar-refractivity contribution >= 4 is 11.6 Å². The third kappa shape index (κ3) is 4.62. The molecular formula is C19H22FNO4. The van der Waals surface area contributed by atoms with Crippen LogP contribution in [-0.2, 0) is 0 Å². The predicted molar refractivity (Wildman–Crippen MR) is 94.3 cm³/mol. The molecule has 2 aromatic carbocycles. The van der Waals surface area contributed by atoms with Crippen molar-refractivity contribution in [2.75, 3.05) is 25.1 Å². The first kappa shape index (κ1) is 18.6. The number of anilines is 1. The molecule has 0 fully saturated rings. The largest absolute Gasteiger partial charge is 0.490 e.